The van der Waals surface area contributed by atoms with E-state index in [0.717, 1.165) is 36.8 Å². The van der Waals surface area contributed by atoms with Crippen LogP contribution in [0.5, 0.6) is 0 Å². The Kier molecular flexibility index (Phi) is 5.30. The van der Waals surface area contributed by atoms with E-state index in [0.29, 0.717) is 23.2 Å². The second-order valence-corrected chi connectivity index (χ2v) is 9.92. The van der Waals surface area contributed by atoms with Crippen molar-refractivity contribution in [3.63, 3.8) is 0 Å². The van der Waals surface area contributed by atoms with E-state index in [4.69, 9.17) is 9.72 Å². The summed E-state index contributed by atoms with van der Waals surface area (Å²) in [6.07, 6.45) is 5.17. The number of nitrogens with one attached hydrogen (secondary N) is 3. The molecule has 2 aliphatic rings. The Balaban J connectivity index is 1.34. The number of hydrogen-bond acceptors (Lipinski definition) is 8. The molecule has 0 radical (unpaired) electrons. The fourth-order valence-electron chi connectivity index (χ4n) is 4.82. The quantitative estimate of drug-likeness (QED) is 0.542. The largest absolute Gasteiger partial charge is 0.444 e. The topological polar surface area (TPSA) is 121 Å². The number of carbonyl (C=O) groups is 1. The van der Waals surface area contributed by atoms with E-state index in [1.807, 2.05) is 50.8 Å². The van der Waals surface area contributed by atoms with Gasteiger partial charge in [-0.2, -0.15) is 15.1 Å². The van der Waals surface area contributed by atoms with Crippen LogP contribution in [-0.2, 0) is 4.74 Å². The molecule has 10 heteroatoms. The number of piperidine rings is 1. The lowest BCUT2D eigenvalue weighted by Gasteiger charge is -2.39. The Morgan fingerprint density at radius 3 is 2.64 bits per heavy atom. The first-order valence-corrected chi connectivity index (χ1v) is 11.4. The van der Waals surface area contributed by atoms with Crippen molar-refractivity contribution in [3.05, 3.63) is 30.1 Å². The van der Waals surface area contributed by atoms with Crippen LogP contribution in [0.2, 0.25) is 0 Å². The van der Waals surface area contributed by atoms with E-state index in [2.05, 4.69) is 30.8 Å². The van der Waals surface area contributed by atoms with E-state index in [-0.39, 0.29) is 24.2 Å². The molecule has 2 aliphatic heterocycles. The molecule has 3 N–H and O–H groups in total. The molecule has 0 aliphatic carbocycles. The van der Waals surface area contributed by atoms with Crippen LogP contribution >= 0.6 is 0 Å². The van der Waals surface area contributed by atoms with Crippen LogP contribution in [0, 0.1) is 6.92 Å². The number of rotatable bonds is 4. The standard InChI is InChI=1S/C23H30N8O2/c1-13-10-18(30-29-13)26-20-17-6-5-9-24-19(17)27-21(28-20)25-14-11-15-7-8-16(12-14)31(15)22(32)33-23(2,3)4/h5-6,9-10,14-16H,7-8,11-12H2,1-4H3,(H3,24,25,26,27,28,29,30)/t14?,15-,16+. The van der Waals surface area contributed by atoms with Gasteiger partial charge in [0.2, 0.25) is 5.95 Å². The Bertz CT molecular complexity index is 1160. The number of ether oxygens (including phenoxy) is 1. The second kappa shape index (κ2) is 8.17. The van der Waals surface area contributed by atoms with Gasteiger partial charge in [0.05, 0.1) is 5.39 Å². The van der Waals surface area contributed by atoms with Gasteiger partial charge >= 0.3 is 6.09 Å². The molecule has 33 heavy (non-hydrogen) atoms. The molecule has 5 rings (SSSR count). The third-order valence-corrected chi connectivity index (χ3v) is 6.09. The average Bonchev–Trinajstić information content (AvgIpc) is 3.27. The van der Waals surface area contributed by atoms with Crippen LogP contribution in [0.4, 0.5) is 22.4 Å². The number of aromatic nitrogens is 5. The minimum Gasteiger partial charge on any atom is -0.444 e. The number of aromatic amines is 1. The van der Waals surface area contributed by atoms with Gasteiger partial charge in [0, 0.05) is 36.1 Å². The summed E-state index contributed by atoms with van der Waals surface area (Å²) in [7, 11) is 0. The van der Waals surface area contributed by atoms with Crippen molar-refractivity contribution in [1.82, 2.24) is 30.0 Å². The first-order chi connectivity index (χ1) is 15.7. The summed E-state index contributed by atoms with van der Waals surface area (Å²) in [4.78, 5) is 28.5. The number of amides is 1. The fourth-order valence-corrected chi connectivity index (χ4v) is 4.82. The molecule has 0 spiro atoms. The molecule has 0 saturated carbocycles. The number of aryl methyl sites for hydroxylation is 1. The summed E-state index contributed by atoms with van der Waals surface area (Å²) < 4.78 is 5.65. The zero-order valence-electron chi connectivity index (χ0n) is 19.4. The molecule has 1 amide bonds. The molecule has 2 fully saturated rings. The normalized spacial score (nSPS) is 22.4. The molecule has 2 bridgehead atoms. The summed E-state index contributed by atoms with van der Waals surface area (Å²) in [6.45, 7) is 7.66. The fraction of sp³-hybridized carbons (Fsp3) is 0.522. The van der Waals surface area contributed by atoms with Crippen LogP contribution in [0.25, 0.3) is 11.0 Å². The number of carbonyl (C=O) groups excluding carboxylic acids is 1. The second-order valence-electron chi connectivity index (χ2n) is 9.92. The predicted octanol–water partition coefficient (Wildman–Crippen LogP) is 4.14. The molecule has 3 atom stereocenters. The summed E-state index contributed by atoms with van der Waals surface area (Å²) in [5.41, 5.74) is 1.08. The average molecular weight is 451 g/mol. The van der Waals surface area contributed by atoms with E-state index in [1.54, 1.807) is 6.20 Å². The Hall–Kier alpha value is -3.43. The Morgan fingerprint density at radius 2 is 1.97 bits per heavy atom. The molecule has 0 aromatic carbocycles. The highest BCUT2D eigenvalue weighted by atomic mass is 16.6. The van der Waals surface area contributed by atoms with Crippen molar-refractivity contribution in [2.75, 3.05) is 10.6 Å². The van der Waals surface area contributed by atoms with Crippen molar-refractivity contribution >= 4 is 34.7 Å². The van der Waals surface area contributed by atoms with Gasteiger partial charge in [-0.05, 0) is 65.5 Å². The molecule has 2 saturated heterocycles. The van der Waals surface area contributed by atoms with Crippen molar-refractivity contribution < 1.29 is 9.53 Å². The van der Waals surface area contributed by atoms with Crippen LogP contribution in [0.15, 0.2) is 24.4 Å². The Labute approximate surface area is 192 Å². The lowest BCUT2D eigenvalue weighted by Crippen LogP contribution is -2.51. The molecular formula is C23H30N8O2. The highest BCUT2D eigenvalue weighted by Gasteiger charge is 2.45. The van der Waals surface area contributed by atoms with E-state index in [9.17, 15) is 4.79 Å². The van der Waals surface area contributed by atoms with Gasteiger partial charge < -0.3 is 20.3 Å². The molecular weight excluding hydrogens is 420 g/mol. The minimum absolute atomic E-state index is 0.166. The maximum Gasteiger partial charge on any atom is 0.410 e. The third-order valence-electron chi connectivity index (χ3n) is 6.09. The van der Waals surface area contributed by atoms with Gasteiger partial charge in [-0.1, -0.05) is 0 Å². The maximum absolute atomic E-state index is 12.7. The number of hydrogen-bond donors (Lipinski definition) is 3. The van der Waals surface area contributed by atoms with Crippen molar-refractivity contribution in [3.8, 4) is 0 Å². The molecule has 10 nitrogen and oxygen atoms in total. The highest BCUT2D eigenvalue weighted by molar-refractivity contribution is 5.89. The minimum atomic E-state index is -0.492. The third kappa shape index (κ3) is 4.55. The zero-order valence-corrected chi connectivity index (χ0v) is 19.4. The molecule has 5 heterocycles. The van der Waals surface area contributed by atoms with Crippen LogP contribution in [0.1, 0.15) is 52.1 Å². The monoisotopic (exact) mass is 450 g/mol. The molecule has 3 aromatic rings. The maximum atomic E-state index is 12.7. The van der Waals surface area contributed by atoms with Crippen LogP contribution in [0.3, 0.4) is 0 Å². The van der Waals surface area contributed by atoms with Gasteiger partial charge in [-0.15, -0.1) is 0 Å². The first-order valence-electron chi connectivity index (χ1n) is 11.4. The zero-order chi connectivity index (χ0) is 23.2. The van der Waals surface area contributed by atoms with Crippen LogP contribution in [-0.4, -0.2) is 59.9 Å². The number of fused-ring (bicyclic) bond motifs is 3. The number of nitrogens with zero attached hydrogens (tertiary/aromatic N) is 5. The summed E-state index contributed by atoms with van der Waals surface area (Å²) in [5.74, 6) is 1.85. The predicted molar refractivity (Wildman–Crippen MR) is 125 cm³/mol. The van der Waals surface area contributed by atoms with Gasteiger partial charge in [0.1, 0.15) is 11.4 Å². The van der Waals surface area contributed by atoms with E-state index in [1.165, 1.54) is 0 Å². The summed E-state index contributed by atoms with van der Waals surface area (Å²) in [5, 5.41) is 14.8. The molecule has 1 unspecified atom stereocenters. The van der Waals surface area contributed by atoms with Gasteiger partial charge in [-0.25, -0.2) is 9.78 Å². The van der Waals surface area contributed by atoms with Crippen molar-refractivity contribution in [2.45, 2.75) is 77.1 Å². The van der Waals surface area contributed by atoms with Gasteiger partial charge in [0.25, 0.3) is 0 Å². The van der Waals surface area contributed by atoms with E-state index < -0.39 is 5.60 Å². The lowest BCUT2D eigenvalue weighted by molar-refractivity contribution is 0.00682. The highest BCUT2D eigenvalue weighted by Crippen LogP contribution is 2.38. The van der Waals surface area contributed by atoms with Crippen molar-refractivity contribution in [1.29, 1.82) is 0 Å². The van der Waals surface area contributed by atoms with Gasteiger partial charge in [0.15, 0.2) is 11.5 Å². The van der Waals surface area contributed by atoms with Crippen molar-refractivity contribution in [2.24, 2.45) is 0 Å². The smallest absolute Gasteiger partial charge is 0.410 e. The Morgan fingerprint density at radius 1 is 1.21 bits per heavy atom. The summed E-state index contributed by atoms with van der Waals surface area (Å²) >= 11 is 0. The molecule has 174 valence electrons. The number of H-pyrrole nitrogens is 1. The number of pyridine rings is 1. The molecule has 3 aromatic heterocycles. The van der Waals surface area contributed by atoms with Gasteiger partial charge in [-0.3, -0.25) is 5.10 Å². The number of anilines is 3. The van der Waals surface area contributed by atoms with Crippen LogP contribution < -0.4 is 10.6 Å². The summed E-state index contributed by atoms with van der Waals surface area (Å²) in [6, 6.07) is 6.22. The lowest BCUT2D eigenvalue weighted by atomic mass is 9.98. The van der Waals surface area contributed by atoms with E-state index >= 15 is 0 Å². The SMILES string of the molecule is Cc1cc(Nc2nc(NC3C[C@H]4CC[C@@H](C3)N4C(=O)OC(C)(C)C)nc3ncccc23)n[nH]1. The first kappa shape index (κ1) is 21.4.